The fourth-order valence-corrected chi connectivity index (χ4v) is 4.03. The number of para-hydroxylation sites is 1. The zero-order chi connectivity index (χ0) is 17.8. The summed E-state index contributed by atoms with van der Waals surface area (Å²) in [6.45, 7) is 2.02. The third-order valence-electron chi connectivity index (χ3n) is 5.50. The number of nitrogens with zero attached hydrogens (tertiary/aromatic N) is 2. The summed E-state index contributed by atoms with van der Waals surface area (Å²) in [6.07, 6.45) is 6.60. The van der Waals surface area contributed by atoms with E-state index in [1.54, 1.807) is 0 Å². The summed E-state index contributed by atoms with van der Waals surface area (Å²) in [4.78, 5) is 16.6. The molecule has 0 aromatic heterocycles. The average molecular weight is 349 g/mol. The first kappa shape index (κ1) is 17.0. The Morgan fingerprint density at radius 3 is 2.23 bits per heavy atom. The number of carbonyl (C=O) groups is 1. The van der Waals surface area contributed by atoms with E-state index in [0.717, 1.165) is 24.5 Å². The fourth-order valence-electron chi connectivity index (χ4n) is 4.03. The molecule has 2 aromatic rings. The number of carbonyl (C=O) groups excluding carboxylic acids is 1. The molecule has 2 aromatic carbocycles. The lowest BCUT2D eigenvalue weighted by molar-refractivity contribution is -0.117. The van der Waals surface area contributed by atoms with Crippen molar-refractivity contribution in [2.45, 2.75) is 38.1 Å². The molecule has 0 spiro atoms. The first-order chi connectivity index (χ1) is 12.8. The summed E-state index contributed by atoms with van der Waals surface area (Å²) >= 11 is 0. The van der Waals surface area contributed by atoms with Crippen LogP contribution in [0.5, 0.6) is 0 Å². The Balaban J connectivity index is 1.37. The molecule has 26 heavy (non-hydrogen) atoms. The van der Waals surface area contributed by atoms with Gasteiger partial charge in [-0.2, -0.15) is 0 Å². The van der Waals surface area contributed by atoms with E-state index in [-0.39, 0.29) is 5.91 Å². The van der Waals surface area contributed by atoms with Gasteiger partial charge in [0.25, 0.3) is 0 Å². The molecule has 4 heteroatoms. The van der Waals surface area contributed by atoms with Crippen molar-refractivity contribution >= 4 is 23.0 Å². The summed E-state index contributed by atoms with van der Waals surface area (Å²) in [7, 11) is 0. The minimum atomic E-state index is 0.159. The number of benzene rings is 2. The zero-order valence-corrected chi connectivity index (χ0v) is 15.2. The Hall–Kier alpha value is -2.49. The van der Waals surface area contributed by atoms with Gasteiger partial charge in [0.1, 0.15) is 0 Å². The molecule has 1 amide bonds. The molecule has 1 heterocycles. The number of piperazine rings is 1. The van der Waals surface area contributed by atoms with Crippen molar-refractivity contribution in [3.8, 4) is 0 Å². The fraction of sp³-hybridized carbons (Fsp3) is 0.409. The van der Waals surface area contributed by atoms with Crippen molar-refractivity contribution in [2.24, 2.45) is 0 Å². The molecule has 4 rings (SSSR count). The lowest BCUT2D eigenvalue weighted by Crippen LogP contribution is -2.50. The van der Waals surface area contributed by atoms with Gasteiger partial charge in [-0.25, -0.2) is 0 Å². The van der Waals surface area contributed by atoms with Crippen LogP contribution < -0.4 is 15.1 Å². The Bertz CT molecular complexity index is 723. The maximum atomic E-state index is 12.6. The highest BCUT2D eigenvalue weighted by Crippen LogP contribution is 2.25. The highest BCUT2D eigenvalue weighted by Gasteiger charge is 2.25. The Morgan fingerprint density at radius 1 is 0.808 bits per heavy atom. The van der Waals surface area contributed by atoms with Crippen molar-refractivity contribution in [2.75, 3.05) is 34.8 Å². The van der Waals surface area contributed by atoms with Gasteiger partial charge in [0, 0.05) is 36.2 Å². The second-order valence-electron chi connectivity index (χ2n) is 7.33. The minimum Gasteiger partial charge on any atom is -0.382 e. The topological polar surface area (TPSA) is 35.6 Å². The number of amides is 1. The molecule has 0 unspecified atom stereocenters. The maximum absolute atomic E-state index is 12.6. The molecular weight excluding hydrogens is 322 g/mol. The predicted molar refractivity (Wildman–Crippen MR) is 108 cm³/mol. The van der Waals surface area contributed by atoms with Crippen LogP contribution in [0.1, 0.15) is 32.1 Å². The molecule has 0 atom stereocenters. The molecule has 136 valence electrons. The summed E-state index contributed by atoms with van der Waals surface area (Å²) in [5, 5.41) is 3.65. The third-order valence-corrected chi connectivity index (χ3v) is 5.50. The van der Waals surface area contributed by atoms with Gasteiger partial charge in [-0.1, -0.05) is 37.5 Å². The van der Waals surface area contributed by atoms with Gasteiger partial charge in [-0.3, -0.25) is 4.79 Å². The molecular formula is C22H27N3O. The highest BCUT2D eigenvalue weighted by molar-refractivity contribution is 5.97. The SMILES string of the molecule is O=C1CN(c2ccc(NC3CCCCC3)cc2)CCN1c1ccccc1. The summed E-state index contributed by atoms with van der Waals surface area (Å²) in [5.74, 6) is 0.159. The molecule has 1 aliphatic heterocycles. The van der Waals surface area contributed by atoms with Crippen LogP contribution in [-0.2, 0) is 4.79 Å². The van der Waals surface area contributed by atoms with E-state index in [1.807, 2.05) is 35.2 Å². The van der Waals surface area contributed by atoms with E-state index in [0.29, 0.717) is 12.6 Å². The molecule has 2 fully saturated rings. The minimum absolute atomic E-state index is 0.159. The molecule has 1 aliphatic carbocycles. The van der Waals surface area contributed by atoms with E-state index in [4.69, 9.17) is 0 Å². The number of anilines is 3. The van der Waals surface area contributed by atoms with Crippen LogP contribution in [0, 0.1) is 0 Å². The Labute approximate surface area is 155 Å². The monoisotopic (exact) mass is 349 g/mol. The van der Waals surface area contributed by atoms with E-state index >= 15 is 0 Å². The van der Waals surface area contributed by atoms with Crippen LogP contribution in [0.3, 0.4) is 0 Å². The summed E-state index contributed by atoms with van der Waals surface area (Å²) in [6, 6.07) is 19.1. The van der Waals surface area contributed by atoms with E-state index in [2.05, 4.69) is 34.5 Å². The van der Waals surface area contributed by atoms with Gasteiger partial charge >= 0.3 is 0 Å². The predicted octanol–water partition coefficient (Wildman–Crippen LogP) is 4.28. The first-order valence-corrected chi connectivity index (χ1v) is 9.76. The van der Waals surface area contributed by atoms with Crippen LogP contribution in [0.15, 0.2) is 54.6 Å². The van der Waals surface area contributed by atoms with Crippen LogP contribution in [0.4, 0.5) is 17.1 Å². The van der Waals surface area contributed by atoms with Crippen LogP contribution in [0.2, 0.25) is 0 Å². The number of hydrogen-bond acceptors (Lipinski definition) is 3. The smallest absolute Gasteiger partial charge is 0.246 e. The van der Waals surface area contributed by atoms with Gasteiger partial charge in [-0.05, 0) is 49.2 Å². The van der Waals surface area contributed by atoms with Crippen LogP contribution in [-0.4, -0.2) is 31.6 Å². The molecule has 0 radical (unpaired) electrons. The highest BCUT2D eigenvalue weighted by atomic mass is 16.2. The van der Waals surface area contributed by atoms with Gasteiger partial charge in [0.15, 0.2) is 0 Å². The molecule has 2 aliphatic rings. The Kier molecular flexibility index (Phi) is 5.09. The van der Waals surface area contributed by atoms with Gasteiger partial charge in [0.2, 0.25) is 5.91 Å². The number of nitrogens with one attached hydrogen (secondary N) is 1. The van der Waals surface area contributed by atoms with E-state index in [9.17, 15) is 4.79 Å². The standard InChI is InChI=1S/C22H27N3O/c26-22-17-24(15-16-25(22)21-9-5-2-6-10-21)20-13-11-19(12-14-20)23-18-7-3-1-4-8-18/h2,5-6,9-14,18,23H,1,3-4,7-8,15-17H2. The van der Waals surface area contributed by atoms with Crippen molar-refractivity contribution in [1.82, 2.24) is 0 Å². The summed E-state index contributed by atoms with van der Waals surface area (Å²) < 4.78 is 0. The van der Waals surface area contributed by atoms with Crippen molar-refractivity contribution in [1.29, 1.82) is 0 Å². The Morgan fingerprint density at radius 2 is 1.54 bits per heavy atom. The quantitative estimate of drug-likeness (QED) is 0.895. The largest absolute Gasteiger partial charge is 0.382 e. The zero-order valence-electron chi connectivity index (χ0n) is 15.2. The van der Waals surface area contributed by atoms with E-state index < -0.39 is 0 Å². The first-order valence-electron chi connectivity index (χ1n) is 9.76. The maximum Gasteiger partial charge on any atom is 0.246 e. The molecule has 1 N–H and O–H groups in total. The molecule has 1 saturated heterocycles. The lowest BCUT2D eigenvalue weighted by atomic mass is 9.95. The van der Waals surface area contributed by atoms with Gasteiger partial charge < -0.3 is 15.1 Å². The van der Waals surface area contributed by atoms with Gasteiger partial charge in [0.05, 0.1) is 6.54 Å². The number of hydrogen-bond donors (Lipinski definition) is 1. The third kappa shape index (κ3) is 3.85. The lowest BCUT2D eigenvalue weighted by Gasteiger charge is -2.35. The van der Waals surface area contributed by atoms with Gasteiger partial charge in [-0.15, -0.1) is 0 Å². The van der Waals surface area contributed by atoms with Crippen molar-refractivity contribution < 1.29 is 4.79 Å². The molecule has 1 saturated carbocycles. The normalized spacial score (nSPS) is 18.8. The van der Waals surface area contributed by atoms with E-state index in [1.165, 1.54) is 37.8 Å². The second kappa shape index (κ2) is 7.81. The number of rotatable bonds is 4. The van der Waals surface area contributed by atoms with Crippen molar-refractivity contribution in [3.63, 3.8) is 0 Å². The average Bonchev–Trinajstić information content (AvgIpc) is 2.70. The molecule has 4 nitrogen and oxygen atoms in total. The second-order valence-corrected chi connectivity index (χ2v) is 7.33. The van der Waals surface area contributed by atoms with Crippen LogP contribution in [0.25, 0.3) is 0 Å². The molecule has 0 bridgehead atoms. The summed E-state index contributed by atoms with van der Waals surface area (Å²) in [5.41, 5.74) is 3.30. The van der Waals surface area contributed by atoms with Crippen molar-refractivity contribution in [3.05, 3.63) is 54.6 Å². The van der Waals surface area contributed by atoms with Crippen LogP contribution >= 0.6 is 0 Å².